The molecule has 7 heteroatoms. The van der Waals surface area contributed by atoms with Crippen LogP contribution in [0.5, 0.6) is 0 Å². The van der Waals surface area contributed by atoms with Gasteiger partial charge in [-0.1, -0.05) is 11.6 Å². The van der Waals surface area contributed by atoms with Crippen molar-refractivity contribution in [1.82, 2.24) is 9.97 Å². The maximum absolute atomic E-state index is 8.72. The summed E-state index contributed by atoms with van der Waals surface area (Å²) >= 11 is 12.4. The molecule has 4 nitrogen and oxygen atoms in total. The molecule has 0 saturated heterocycles. The first-order valence-corrected chi connectivity index (χ1v) is 8.45. The van der Waals surface area contributed by atoms with Crippen LogP contribution in [0.15, 0.2) is 15.1 Å². The van der Waals surface area contributed by atoms with Crippen molar-refractivity contribution in [3.05, 3.63) is 53.9 Å². The SMILES string of the molecule is Cc1nc(Cl)c(C#N)c(C)c1Br.Cc1ncc(C#N)c(C)c1Br. The number of aryl methyl sites for hydroxylation is 2. The van der Waals surface area contributed by atoms with Crippen LogP contribution in [-0.4, -0.2) is 9.97 Å². The first-order chi connectivity index (χ1) is 10.7. The fourth-order valence-electron chi connectivity index (χ4n) is 1.74. The highest BCUT2D eigenvalue weighted by molar-refractivity contribution is 9.10. The third kappa shape index (κ3) is 4.51. The number of rotatable bonds is 0. The van der Waals surface area contributed by atoms with E-state index in [1.54, 1.807) is 6.20 Å². The van der Waals surface area contributed by atoms with Gasteiger partial charge in [0.2, 0.25) is 0 Å². The van der Waals surface area contributed by atoms with Gasteiger partial charge in [-0.05, 0) is 70.7 Å². The zero-order valence-electron chi connectivity index (χ0n) is 13.0. The molecule has 0 aliphatic heterocycles. The molecule has 0 radical (unpaired) electrons. The second-order valence-corrected chi connectivity index (χ2v) is 6.67. The van der Waals surface area contributed by atoms with Gasteiger partial charge in [0.25, 0.3) is 0 Å². The summed E-state index contributed by atoms with van der Waals surface area (Å²) in [6.45, 7) is 7.48. The number of pyridine rings is 2. The molecule has 0 spiro atoms. The number of halogens is 3. The maximum atomic E-state index is 8.72. The molecule has 0 aromatic carbocycles. The third-order valence-electron chi connectivity index (χ3n) is 3.16. The number of nitriles is 2. The second kappa shape index (κ2) is 8.40. The lowest BCUT2D eigenvalue weighted by molar-refractivity contribution is 1.14. The van der Waals surface area contributed by atoms with Crippen LogP contribution < -0.4 is 0 Å². The van der Waals surface area contributed by atoms with Gasteiger partial charge in [0, 0.05) is 15.1 Å². The second-order valence-electron chi connectivity index (χ2n) is 4.72. The third-order valence-corrected chi connectivity index (χ3v) is 5.78. The monoisotopic (exact) mass is 454 g/mol. The van der Waals surface area contributed by atoms with Crippen molar-refractivity contribution in [2.45, 2.75) is 27.7 Å². The van der Waals surface area contributed by atoms with Gasteiger partial charge in [0.15, 0.2) is 0 Å². The van der Waals surface area contributed by atoms with Crippen LogP contribution in [0.25, 0.3) is 0 Å². The molecule has 0 fully saturated rings. The van der Waals surface area contributed by atoms with Crippen molar-refractivity contribution in [2.75, 3.05) is 0 Å². The Morgan fingerprint density at radius 2 is 1.52 bits per heavy atom. The van der Waals surface area contributed by atoms with E-state index in [9.17, 15) is 0 Å². The van der Waals surface area contributed by atoms with Gasteiger partial charge in [0.05, 0.1) is 22.5 Å². The molecule has 2 rings (SSSR count). The Morgan fingerprint density at radius 1 is 0.957 bits per heavy atom. The van der Waals surface area contributed by atoms with Crippen LogP contribution in [0, 0.1) is 50.4 Å². The van der Waals surface area contributed by atoms with Gasteiger partial charge < -0.3 is 0 Å². The van der Waals surface area contributed by atoms with Gasteiger partial charge in [-0.25, -0.2) is 4.98 Å². The minimum absolute atomic E-state index is 0.274. The lowest BCUT2D eigenvalue weighted by atomic mass is 10.1. The fraction of sp³-hybridized carbons (Fsp3) is 0.250. The normalized spacial score (nSPS) is 9.43. The Hall–Kier alpha value is -1.47. The molecule has 2 aromatic heterocycles. The molecule has 23 heavy (non-hydrogen) atoms. The van der Waals surface area contributed by atoms with Crippen molar-refractivity contribution in [1.29, 1.82) is 10.5 Å². The predicted octanol–water partition coefficient (Wildman–Crippen LogP) is 5.32. The van der Waals surface area contributed by atoms with Gasteiger partial charge in [0.1, 0.15) is 17.3 Å². The Kier molecular flexibility index (Phi) is 7.15. The number of hydrogen-bond donors (Lipinski definition) is 0. The molecule has 0 saturated carbocycles. The van der Waals surface area contributed by atoms with Crippen LogP contribution in [0.2, 0.25) is 5.15 Å². The molecule has 0 N–H and O–H groups in total. The number of nitrogens with zero attached hydrogens (tertiary/aromatic N) is 4. The lowest BCUT2D eigenvalue weighted by Crippen LogP contribution is -1.93. The van der Waals surface area contributed by atoms with E-state index in [4.69, 9.17) is 22.1 Å². The molecular formula is C16H13Br2ClN4. The van der Waals surface area contributed by atoms with Crippen molar-refractivity contribution >= 4 is 43.5 Å². The van der Waals surface area contributed by atoms with Crippen LogP contribution >= 0.6 is 43.5 Å². The smallest absolute Gasteiger partial charge is 0.147 e. The lowest BCUT2D eigenvalue weighted by Gasteiger charge is -2.04. The average Bonchev–Trinajstić information content (AvgIpc) is 2.52. The Morgan fingerprint density at radius 3 is 2.04 bits per heavy atom. The van der Waals surface area contributed by atoms with E-state index in [1.165, 1.54) is 0 Å². The van der Waals surface area contributed by atoms with Crippen molar-refractivity contribution in [3.63, 3.8) is 0 Å². The zero-order chi connectivity index (χ0) is 17.7. The molecule has 0 atom stereocenters. The summed E-state index contributed by atoms with van der Waals surface area (Å²) in [5.41, 5.74) is 4.59. The largest absolute Gasteiger partial charge is 0.259 e. The Labute approximate surface area is 157 Å². The van der Waals surface area contributed by atoms with E-state index in [-0.39, 0.29) is 5.15 Å². The number of hydrogen-bond acceptors (Lipinski definition) is 4. The number of aromatic nitrogens is 2. The van der Waals surface area contributed by atoms with Crippen LogP contribution in [0.3, 0.4) is 0 Å². The van der Waals surface area contributed by atoms with E-state index < -0.39 is 0 Å². The molecule has 0 amide bonds. The zero-order valence-corrected chi connectivity index (χ0v) is 16.9. The fourth-order valence-corrected chi connectivity index (χ4v) is 2.65. The molecular weight excluding hydrogens is 443 g/mol. The first-order valence-electron chi connectivity index (χ1n) is 6.48. The highest BCUT2D eigenvalue weighted by Crippen LogP contribution is 2.26. The van der Waals surface area contributed by atoms with Gasteiger partial charge in [-0.15, -0.1) is 0 Å². The summed E-state index contributed by atoms with van der Waals surface area (Å²) in [5, 5.41) is 17.6. The van der Waals surface area contributed by atoms with Crippen molar-refractivity contribution in [3.8, 4) is 12.1 Å². The van der Waals surface area contributed by atoms with Crippen LogP contribution in [-0.2, 0) is 0 Å². The predicted molar refractivity (Wildman–Crippen MR) is 97.3 cm³/mol. The van der Waals surface area contributed by atoms with Gasteiger partial charge in [-0.2, -0.15) is 10.5 Å². The molecule has 0 aliphatic rings. The topological polar surface area (TPSA) is 73.4 Å². The first kappa shape index (κ1) is 19.6. The molecule has 0 bridgehead atoms. The summed E-state index contributed by atoms with van der Waals surface area (Å²) in [4.78, 5) is 8.04. The van der Waals surface area contributed by atoms with Crippen molar-refractivity contribution in [2.24, 2.45) is 0 Å². The standard InChI is InChI=1S/C8H6BrClN2.C8H7BrN2/c1-4-6(3-11)8(10)12-5(2)7(4)9;1-5-7(3-10)4-11-6(2)8(5)9/h1-2H3;4H,1-2H3. The van der Waals surface area contributed by atoms with E-state index in [0.29, 0.717) is 11.1 Å². The summed E-state index contributed by atoms with van der Waals surface area (Å²) in [6.07, 6.45) is 1.59. The summed E-state index contributed by atoms with van der Waals surface area (Å²) in [5.74, 6) is 0. The Balaban J connectivity index is 0.000000231. The molecule has 118 valence electrons. The Bertz CT molecular complexity index is 836. The average molecular weight is 457 g/mol. The highest BCUT2D eigenvalue weighted by atomic mass is 79.9. The van der Waals surface area contributed by atoms with Gasteiger partial charge in [-0.3, -0.25) is 4.98 Å². The molecule has 2 heterocycles. The van der Waals surface area contributed by atoms with Crippen LogP contribution in [0.1, 0.15) is 33.6 Å². The van der Waals surface area contributed by atoms with Gasteiger partial charge >= 0.3 is 0 Å². The summed E-state index contributed by atoms with van der Waals surface area (Å²) < 4.78 is 1.78. The van der Waals surface area contributed by atoms with E-state index in [0.717, 1.165) is 31.5 Å². The van der Waals surface area contributed by atoms with E-state index in [2.05, 4.69) is 47.9 Å². The minimum atomic E-state index is 0.274. The van der Waals surface area contributed by atoms with E-state index >= 15 is 0 Å². The van der Waals surface area contributed by atoms with E-state index in [1.807, 2.05) is 33.8 Å². The minimum Gasteiger partial charge on any atom is -0.259 e. The molecule has 0 unspecified atom stereocenters. The highest BCUT2D eigenvalue weighted by Gasteiger charge is 2.10. The molecule has 0 aliphatic carbocycles. The molecule has 2 aromatic rings. The maximum Gasteiger partial charge on any atom is 0.147 e. The quantitative estimate of drug-likeness (QED) is 0.503. The summed E-state index contributed by atoms with van der Waals surface area (Å²) in [7, 11) is 0. The summed E-state index contributed by atoms with van der Waals surface area (Å²) in [6, 6.07) is 4.08. The van der Waals surface area contributed by atoms with Crippen LogP contribution in [0.4, 0.5) is 0 Å². The van der Waals surface area contributed by atoms with Crippen molar-refractivity contribution < 1.29 is 0 Å².